The van der Waals surface area contributed by atoms with Gasteiger partial charge in [0.2, 0.25) is 5.91 Å². The lowest BCUT2D eigenvalue weighted by molar-refractivity contribution is -0.127. The normalized spacial score (nSPS) is 47.3. The highest BCUT2D eigenvalue weighted by Gasteiger charge is 2.56. The van der Waals surface area contributed by atoms with Crippen LogP contribution in [0.4, 0.5) is 0 Å². The van der Waals surface area contributed by atoms with Gasteiger partial charge in [-0.3, -0.25) is 4.79 Å². The molecule has 1 amide bonds. The Balaban J connectivity index is 1.12. The van der Waals surface area contributed by atoms with E-state index in [-0.39, 0.29) is 29.1 Å². The summed E-state index contributed by atoms with van der Waals surface area (Å²) in [5.74, 6) is 0.885. The van der Waals surface area contributed by atoms with Gasteiger partial charge in [0.05, 0.1) is 30.0 Å². The fraction of sp³-hybridized carbons (Fsp3) is 0.947. The lowest BCUT2D eigenvalue weighted by Gasteiger charge is -2.25. The quantitative estimate of drug-likeness (QED) is 0.756. The summed E-state index contributed by atoms with van der Waals surface area (Å²) in [6, 6.07) is 0.0666. The highest BCUT2D eigenvalue weighted by molar-refractivity contribution is 5.79. The predicted molar refractivity (Wildman–Crippen MR) is 89.7 cm³/mol. The standard InChI is InChI=1S/C19H31NO4/c1-12(10-22-11-13-4-6-18(2)15(8-13)23-18)20-17(21)14-5-7-19(3)16(9-14)24-19/h12-16H,4-11H2,1-3H3,(H,20,21). The first-order valence-electron chi connectivity index (χ1n) is 9.62. The Labute approximate surface area is 144 Å². The maximum atomic E-state index is 12.4. The molecule has 1 N–H and O–H groups in total. The first-order chi connectivity index (χ1) is 11.4. The molecular formula is C19H31NO4. The van der Waals surface area contributed by atoms with Crippen LogP contribution in [0.25, 0.3) is 0 Å². The van der Waals surface area contributed by atoms with Crippen molar-refractivity contribution in [3.8, 4) is 0 Å². The second-order valence-corrected chi connectivity index (χ2v) is 8.90. The van der Waals surface area contributed by atoms with Gasteiger partial charge >= 0.3 is 0 Å². The van der Waals surface area contributed by atoms with Crippen molar-refractivity contribution in [1.82, 2.24) is 5.32 Å². The highest BCUT2D eigenvalue weighted by Crippen LogP contribution is 2.50. The molecule has 136 valence electrons. The summed E-state index contributed by atoms with van der Waals surface area (Å²) in [7, 11) is 0. The van der Waals surface area contributed by atoms with Gasteiger partial charge in [0.1, 0.15) is 0 Å². The molecule has 4 aliphatic rings. The Morgan fingerprint density at radius 3 is 2.50 bits per heavy atom. The van der Waals surface area contributed by atoms with Gasteiger partial charge in [-0.05, 0) is 65.2 Å². The van der Waals surface area contributed by atoms with Crippen LogP contribution >= 0.6 is 0 Å². The number of amides is 1. The fourth-order valence-electron chi connectivity index (χ4n) is 4.57. The van der Waals surface area contributed by atoms with Crippen LogP contribution in [0.15, 0.2) is 0 Å². The van der Waals surface area contributed by atoms with Crippen molar-refractivity contribution in [1.29, 1.82) is 0 Å². The molecule has 0 radical (unpaired) electrons. The molecule has 5 nitrogen and oxygen atoms in total. The monoisotopic (exact) mass is 337 g/mol. The minimum absolute atomic E-state index is 0.0666. The highest BCUT2D eigenvalue weighted by atomic mass is 16.6. The molecule has 2 aliphatic heterocycles. The van der Waals surface area contributed by atoms with Gasteiger partial charge in [-0.1, -0.05) is 0 Å². The van der Waals surface area contributed by atoms with Crippen molar-refractivity contribution in [3.63, 3.8) is 0 Å². The van der Waals surface area contributed by atoms with Gasteiger partial charge in [0.25, 0.3) is 0 Å². The van der Waals surface area contributed by atoms with Gasteiger partial charge in [0.15, 0.2) is 0 Å². The fourth-order valence-corrected chi connectivity index (χ4v) is 4.57. The number of epoxide rings is 2. The average Bonchev–Trinajstić information content (AvgIpc) is 3.39. The number of fused-ring (bicyclic) bond motifs is 2. The molecule has 7 unspecified atom stereocenters. The van der Waals surface area contributed by atoms with E-state index in [1.807, 2.05) is 6.92 Å². The average molecular weight is 337 g/mol. The predicted octanol–water partition coefficient (Wildman–Crippen LogP) is 2.42. The van der Waals surface area contributed by atoms with Crippen LogP contribution in [0.2, 0.25) is 0 Å². The van der Waals surface area contributed by atoms with Crippen LogP contribution in [-0.2, 0) is 19.0 Å². The summed E-state index contributed by atoms with van der Waals surface area (Å²) in [6.45, 7) is 7.78. The topological polar surface area (TPSA) is 63.4 Å². The third-order valence-electron chi connectivity index (χ3n) is 6.64. The van der Waals surface area contributed by atoms with Crippen LogP contribution in [0, 0.1) is 11.8 Å². The third-order valence-corrected chi connectivity index (χ3v) is 6.64. The van der Waals surface area contributed by atoms with E-state index in [4.69, 9.17) is 14.2 Å². The zero-order chi connectivity index (χ0) is 16.9. The molecule has 0 bridgehead atoms. The molecular weight excluding hydrogens is 306 g/mol. The Morgan fingerprint density at radius 2 is 1.83 bits per heavy atom. The van der Waals surface area contributed by atoms with Crippen molar-refractivity contribution in [2.75, 3.05) is 13.2 Å². The second-order valence-electron chi connectivity index (χ2n) is 8.90. The molecule has 0 aromatic heterocycles. The van der Waals surface area contributed by atoms with E-state index in [1.54, 1.807) is 0 Å². The zero-order valence-corrected chi connectivity index (χ0v) is 15.2. The molecule has 24 heavy (non-hydrogen) atoms. The number of carbonyl (C=O) groups excluding carboxylic acids is 1. The molecule has 0 aromatic carbocycles. The van der Waals surface area contributed by atoms with Gasteiger partial charge in [-0.25, -0.2) is 0 Å². The van der Waals surface area contributed by atoms with Crippen molar-refractivity contribution in [2.45, 2.75) is 88.7 Å². The summed E-state index contributed by atoms with van der Waals surface area (Å²) in [6.07, 6.45) is 7.04. The summed E-state index contributed by atoms with van der Waals surface area (Å²) in [4.78, 5) is 12.4. The van der Waals surface area contributed by atoms with Crippen LogP contribution < -0.4 is 5.32 Å². The number of hydrogen-bond donors (Lipinski definition) is 1. The smallest absolute Gasteiger partial charge is 0.223 e. The Bertz CT molecular complexity index is 512. The molecule has 2 aliphatic carbocycles. The third kappa shape index (κ3) is 3.35. The van der Waals surface area contributed by atoms with Crippen LogP contribution in [-0.4, -0.2) is 48.6 Å². The summed E-state index contributed by atoms with van der Waals surface area (Å²) in [5, 5.41) is 3.12. The van der Waals surface area contributed by atoms with E-state index in [9.17, 15) is 4.79 Å². The van der Waals surface area contributed by atoms with E-state index in [1.165, 1.54) is 6.42 Å². The molecule has 2 heterocycles. The maximum Gasteiger partial charge on any atom is 0.223 e. The zero-order valence-electron chi connectivity index (χ0n) is 15.2. The van der Waals surface area contributed by atoms with Crippen LogP contribution in [0.1, 0.15) is 59.3 Å². The Kier molecular flexibility index (Phi) is 4.17. The molecule has 4 fully saturated rings. The van der Waals surface area contributed by atoms with Crippen molar-refractivity contribution in [2.24, 2.45) is 11.8 Å². The largest absolute Gasteiger partial charge is 0.379 e. The van der Waals surface area contributed by atoms with E-state index in [0.717, 1.165) is 38.7 Å². The minimum atomic E-state index is 0.0666. The lowest BCUT2D eigenvalue weighted by atomic mass is 9.82. The first kappa shape index (κ1) is 16.8. The van der Waals surface area contributed by atoms with E-state index in [2.05, 4.69) is 19.2 Å². The summed E-state index contributed by atoms with van der Waals surface area (Å²) in [5.41, 5.74) is 0.256. The van der Waals surface area contributed by atoms with Crippen molar-refractivity contribution in [3.05, 3.63) is 0 Å². The Morgan fingerprint density at radius 1 is 1.17 bits per heavy atom. The number of ether oxygens (including phenoxy) is 3. The van der Waals surface area contributed by atoms with Crippen LogP contribution in [0.5, 0.6) is 0 Å². The summed E-state index contributed by atoms with van der Waals surface area (Å²) >= 11 is 0. The molecule has 0 spiro atoms. The van der Waals surface area contributed by atoms with Crippen LogP contribution in [0.3, 0.4) is 0 Å². The summed E-state index contributed by atoms with van der Waals surface area (Å²) < 4.78 is 17.3. The van der Waals surface area contributed by atoms with Gasteiger partial charge in [-0.2, -0.15) is 0 Å². The molecule has 0 aromatic rings. The number of carbonyl (C=O) groups is 1. The molecule has 7 atom stereocenters. The van der Waals surface area contributed by atoms with Gasteiger partial charge in [0, 0.05) is 18.6 Å². The van der Waals surface area contributed by atoms with Crippen molar-refractivity contribution < 1.29 is 19.0 Å². The van der Waals surface area contributed by atoms with E-state index >= 15 is 0 Å². The second kappa shape index (κ2) is 5.96. The molecule has 5 heteroatoms. The minimum Gasteiger partial charge on any atom is -0.379 e. The lowest BCUT2D eigenvalue weighted by Crippen LogP contribution is -2.42. The maximum absolute atomic E-state index is 12.4. The van der Waals surface area contributed by atoms with Gasteiger partial charge in [-0.15, -0.1) is 0 Å². The van der Waals surface area contributed by atoms with E-state index < -0.39 is 0 Å². The molecule has 2 saturated heterocycles. The number of rotatable bonds is 6. The molecule has 2 saturated carbocycles. The number of hydrogen-bond acceptors (Lipinski definition) is 4. The number of nitrogens with one attached hydrogen (secondary N) is 1. The Hall–Kier alpha value is -0.650. The SMILES string of the molecule is CC(COCC1CCC2(C)OC2C1)NC(=O)C1CCC2(C)OC2C1. The van der Waals surface area contributed by atoms with Gasteiger partial charge < -0.3 is 19.5 Å². The van der Waals surface area contributed by atoms with Crippen molar-refractivity contribution >= 4 is 5.91 Å². The molecule has 4 rings (SSSR count). The van der Waals surface area contributed by atoms with E-state index in [0.29, 0.717) is 24.7 Å². The first-order valence-corrected chi connectivity index (χ1v) is 9.62.